The van der Waals surface area contributed by atoms with Crippen molar-refractivity contribution >= 4 is 28.8 Å². The molecule has 0 saturated heterocycles. The van der Waals surface area contributed by atoms with Crippen molar-refractivity contribution in [2.45, 2.75) is 26.5 Å². The molecule has 2 amide bonds. The summed E-state index contributed by atoms with van der Waals surface area (Å²) in [6.45, 7) is 3.74. The van der Waals surface area contributed by atoms with E-state index in [1.807, 2.05) is 91.9 Å². The van der Waals surface area contributed by atoms with Gasteiger partial charge in [-0.1, -0.05) is 72.8 Å². The normalized spacial score (nSPS) is 11.7. The van der Waals surface area contributed by atoms with Gasteiger partial charge in [-0.2, -0.15) is 5.10 Å². The molecule has 0 aliphatic heterocycles. The minimum absolute atomic E-state index is 0.192. The van der Waals surface area contributed by atoms with Crippen molar-refractivity contribution < 1.29 is 19.1 Å². The maximum atomic E-state index is 12.5. The maximum absolute atomic E-state index is 12.5. The van der Waals surface area contributed by atoms with Gasteiger partial charge in [-0.05, 0) is 53.9 Å². The van der Waals surface area contributed by atoms with Crippen molar-refractivity contribution in [3.63, 3.8) is 0 Å². The molecule has 37 heavy (non-hydrogen) atoms. The van der Waals surface area contributed by atoms with Crippen LogP contribution in [0.4, 0.5) is 0 Å². The topological polar surface area (TPSA) is 89.0 Å². The van der Waals surface area contributed by atoms with Crippen molar-refractivity contribution in [3.8, 4) is 11.5 Å². The Morgan fingerprint density at radius 2 is 1.70 bits per heavy atom. The van der Waals surface area contributed by atoms with E-state index < -0.39 is 17.9 Å². The zero-order valence-corrected chi connectivity index (χ0v) is 20.8. The number of benzene rings is 4. The molecule has 2 N–H and O–H groups in total. The summed E-state index contributed by atoms with van der Waals surface area (Å²) in [4.78, 5) is 24.8. The third kappa shape index (κ3) is 7.18. The number of rotatable bonds is 10. The summed E-state index contributed by atoms with van der Waals surface area (Å²) in [5, 5.41) is 8.74. The average molecular weight is 496 g/mol. The monoisotopic (exact) mass is 495 g/mol. The highest BCUT2D eigenvalue weighted by atomic mass is 16.5. The second-order valence-electron chi connectivity index (χ2n) is 8.60. The average Bonchev–Trinajstić information content (AvgIpc) is 2.91. The van der Waals surface area contributed by atoms with Crippen molar-refractivity contribution in [2.75, 3.05) is 6.61 Å². The van der Waals surface area contributed by atoms with Crippen LogP contribution in [-0.4, -0.2) is 30.7 Å². The van der Waals surface area contributed by atoms with Crippen LogP contribution in [0.1, 0.15) is 23.6 Å². The molecule has 0 saturated carbocycles. The Morgan fingerprint density at radius 3 is 2.51 bits per heavy atom. The number of carbonyl (C=O) groups excluding carboxylic acids is 2. The first-order valence-electron chi connectivity index (χ1n) is 12.0. The highest BCUT2D eigenvalue weighted by Gasteiger charge is 2.16. The van der Waals surface area contributed by atoms with E-state index in [2.05, 4.69) is 15.8 Å². The molecular formula is C30H29N3O4. The first-order valence-corrected chi connectivity index (χ1v) is 12.0. The van der Waals surface area contributed by atoms with Crippen LogP contribution in [0.15, 0.2) is 96.1 Å². The maximum Gasteiger partial charge on any atom is 0.262 e. The van der Waals surface area contributed by atoms with Crippen LogP contribution in [0, 0.1) is 6.92 Å². The Kier molecular flexibility index (Phi) is 8.49. The molecule has 0 aliphatic rings. The number of hydrogen-bond donors (Lipinski definition) is 2. The third-order valence-electron chi connectivity index (χ3n) is 5.67. The summed E-state index contributed by atoms with van der Waals surface area (Å²) < 4.78 is 11.6. The van der Waals surface area contributed by atoms with E-state index in [1.165, 1.54) is 0 Å². The van der Waals surface area contributed by atoms with Gasteiger partial charge in [0, 0.05) is 5.56 Å². The van der Waals surface area contributed by atoms with Gasteiger partial charge in [0.1, 0.15) is 24.1 Å². The highest BCUT2D eigenvalue weighted by Crippen LogP contribution is 2.27. The molecule has 0 spiro atoms. The molecule has 0 aliphatic carbocycles. The van der Waals surface area contributed by atoms with Crippen molar-refractivity contribution in [3.05, 3.63) is 108 Å². The Labute approximate surface area is 216 Å². The van der Waals surface area contributed by atoms with Gasteiger partial charge in [0.25, 0.3) is 11.8 Å². The van der Waals surface area contributed by atoms with E-state index in [-0.39, 0.29) is 6.61 Å². The van der Waals surface area contributed by atoms with Gasteiger partial charge in [0.15, 0.2) is 6.61 Å². The van der Waals surface area contributed by atoms with Gasteiger partial charge < -0.3 is 14.8 Å². The van der Waals surface area contributed by atoms with Crippen LogP contribution >= 0.6 is 0 Å². The standard InChI is InChI=1S/C30H29N3O4/c1-21-9-8-13-25(17-21)36-20-29(34)32-22(2)30(35)33-31-18-27-26-14-7-6-12-24(26)15-16-28(27)37-19-23-10-4-3-5-11-23/h3-18,22H,19-20H2,1-2H3,(H,32,34)(H,33,35)/b31-18+. The first kappa shape index (κ1) is 25.4. The molecular weight excluding hydrogens is 466 g/mol. The quantitative estimate of drug-likeness (QED) is 0.245. The summed E-state index contributed by atoms with van der Waals surface area (Å²) in [6, 6.07) is 28.2. The number of hydrogen-bond acceptors (Lipinski definition) is 5. The minimum Gasteiger partial charge on any atom is -0.488 e. The molecule has 1 unspecified atom stereocenters. The third-order valence-corrected chi connectivity index (χ3v) is 5.67. The Morgan fingerprint density at radius 1 is 0.919 bits per heavy atom. The molecule has 0 aromatic heterocycles. The molecule has 4 rings (SSSR count). The van der Waals surface area contributed by atoms with Crippen LogP contribution in [0.3, 0.4) is 0 Å². The SMILES string of the molecule is Cc1cccc(OCC(=O)NC(C)C(=O)N/N=C/c2c(OCc3ccccc3)ccc3ccccc23)c1. The molecule has 4 aromatic rings. The molecule has 7 heteroatoms. The van der Waals surface area contributed by atoms with E-state index in [4.69, 9.17) is 9.47 Å². The molecule has 4 aromatic carbocycles. The summed E-state index contributed by atoms with van der Waals surface area (Å²) in [5.41, 5.74) is 5.33. The van der Waals surface area contributed by atoms with Crippen LogP contribution in [0.2, 0.25) is 0 Å². The molecule has 7 nitrogen and oxygen atoms in total. The van der Waals surface area contributed by atoms with E-state index in [1.54, 1.807) is 19.2 Å². The lowest BCUT2D eigenvalue weighted by Gasteiger charge is -2.14. The number of carbonyl (C=O) groups is 2. The van der Waals surface area contributed by atoms with Crippen LogP contribution in [0.25, 0.3) is 10.8 Å². The predicted molar refractivity (Wildman–Crippen MR) is 145 cm³/mol. The number of ether oxygens (including phenoxy) is 2. The first-order chi connectivity index (χ1) is 18.0. The second kappa shape index (κ2) is 12.4. The highest BCUT2D eigenvalue weighted by molar-refractivity contribution is 6.02. The molecule has 1 atom stereocenters. The Hall–Kier alpha value is -4.65. The molecule has 0 fully saturated rings. The van der Waals surface area contributed by atoms with Crippen molar-refractivity contribution in [1.82, 2.24) is 10.7 Å². The lowest BCUT2D eigenvalue weighted by molar-refractivity contribution is -0.129. The molecule has 0 bridgehead atoms. The zero-order valence-electron chi connectivity index (χ0n) is 20.8. The van der Waals surface area contributed by atoms with E-state index in [0.717, 1.165) is 27.5 Å². The zero-order chi connectivity index (χ0) is 26.0. The number of nitrogens with zero attached hydrogens (tertiary/aromatic N) is 1. The van der Waals surface area contributed by atoms with Gasteiger partial charge in [0.2, 0.25) is 0 Å². The molecule has 0 radical (unpaired) electrons. The fourth-order valence-corrected chi connectivity index (χ4v) is 3.73. The van der Waals surface area contributed by atoms with Gasteiger partial charge in [-0.25, -0.2) is 5.43 Å². The lowest BCUT2D eigenvalue weighted by Crippen LogP contribution is -2.45. The summed E-state index contributed by atoms with van der Waals surface area (Å²) in [6.07, 6.45) is 1.57. The lowest BCUT2D eigenvalue weighted by atomic mass is 10.0. The number of aryl methyl sites for hydroxylation is 1. The predicted octanol–water partition coefficient (Wildman–Crippen LogP) is 4.76. The largest absolute Gasteiger partial charge is 0.488 e. The fraction of sp³-hybridized carbons (Fsp3) is 0.167. The Balaban J connectivity index is 1.37. The second-order valence-corrected chi connectivity index (χ2v) is 8.60. The molecule has 0 heterocycles. The van der Waals surface area contributed by atoms with Gasteiger partial charge in [-0.3, -0.25) is 9.59 Å². The molecule has 188 valence electrons. The van der Waals surface area contributed by atoms with Crippen LogP contribution < -0.4 is 20.2 Å². The van der Waals surface area contributed by atoms with Crippen LogP contribution in [-0.2, 0) is 16.2 Å². The number of nitrogens with one attached hydrogen (secondary N) is 2. The Bertz CT molecular complexity index is 1400. The van der Waals surface area contributed by atoms with E-state index in [0.29, 0.717) is 18.1 Å². The van der Waals surface area contributed by atoms with Gasteiger partial charge in [-0.15, -0.1) is 0 Å². The number of amides is 2. The van der Waals surface area contributed by atoms with Crippen molar-refractivity contribution in [2.24, 2.45) is 5.10 Å². The summed E-state index contributed by atoms with van der Waals surface area (Å²) in [5.74, 6) is 0.387. The fourth-order valence-electron chi connectivity index (χ4n) is 3.73. The smallest absolute Gasteiger partial charge is 0.262 e. The van der Waals surface area contributed by atoms with E-state index >= 15 is 0 Å². The summed E-state index contributed by atoms with van der Waals surface area (Å²) in [7, 11) is 0. The minimum atomic E-state index is -0.799. The van der Waals surface area contributed by atoms with Crippen molar-refractivity contribution in [1.29, 1.82) is 0 Å². The van der Waals surface area contributed by atoms with Crippen LogP contribution in [0.5, 0.6) is 11.5 Å². The van der Waals surface area contributed by atoms with Gasteiger partial charge >= 0.3 is 0 Å². The summed E-state index contributed by atoms with van der Waals surface area (Å²) >= 11 is 0. The van der Waals surface area contributed by atoms with Gasteiger partial charge in [0.05, 0.1) is 6.21 Å². The van der Waals surface area contributed by atoms with E-state index in [9.17, 15) is 9.59 Å². The number of hydrazone groups is 1. The number of fused-ring (bicyclic) bond motifs is 1.